The van der Waals surface area contributed by atoms with Crippen molar-refractivity contribution in [3.8, 4) is 5.75 Å². The first-order valence-corrected chi connectivity index (χ1v) is 11.7. The van der Waals surface area contributed by atoms with Crippen LogP contribution in [0.2, 0.25) is 5.02 Å². The first-order valence-electron chi connectivity index (χ1n) is 11.4. The highest BCUT2D eigenvalue weighted by atomic mass is 35.5. The van der Waals surface area contributed by atoms with Crippen LogP contribution in [0.3, 0.4) is 0 Å². The first-order chi connectivity index (χ1) is 15.4. The van der Waals surface area contributed by atoms with Crippen LogP contribution >= 0.6 is 11.6 Å². The maximum Gasteiger partial charge on any atom is 0.338 e. The smallest absolute Gasteiger partial charge is 0.338 e. The Morgan fingerprint density at radius 1 is 1.09 bits per heavy atom. The average Bonchev–Trinajstić information content (AvgIpc) is 2.81. The predicted octanol–water partition coefficient (Wildman–Crippen LogP) is 5.71. The number of benzene rings is 2. The lowest BCUT2D eigenvalue weighted by Crippen LogP contribution is -2.43. The van der Waals surface area contributed by atoms with Gasteiger partial charge in [-0.05, 0) is 82.0 Å². The van der Waals surface area contributed by atoms with E-state index in [1.807, 2.05) is 25.1 Å². The lowest BCUT2D eigenvalue weighted by molar-refractivity contribution is 0.0600. The molecule has 0 atom stereocenters. The molecule has 0 bridgehead atoms. The van der Waals surface area contributed by atoms with Crippen LogP contribution in [0.4, 0.5) is 5.69 Å². The van der Waals surface area contributed by atoms with Gasteiger partial charge in [-0.15, -0.1) is 0 Å². The molecule has 1 saturated carbocycles. The van der Waals surface area contributed by atoms with Crippen molar-refractivity contribution in [2.24, 2.45) is 0 Å². The molecule has 0 spiro atoms. The van der Waals surface area contributed by atoms with Gasteiger partial charge in [0.15, 0.2) is 0 Å². The van der Waals surface area contributed by atoms with Crippen LogP contribution in [0.15, 0.2) is 36.4 Å². The zero-order chi connectivity index (χ0) is 23.3. The van der Waals surface area contributed by atoms with Gasteiger partial charge in [0, 0.05) is 35.9 Å². The largest absolute Gasteiger partial charge is 0.497 e. The average molecular weight is 459 g/mol. The molecule has 32 heavy (non-hydrogen) atoms. The van der Waals surface area contributed by atoms with Crippen molar-refractivity contribution in [1.82, 2.24) is 4.90 Å². The molecule has 6 heteroatoms. The topological polar surface area (TPSA) is 42.0 Å². The van der Waals surface area contributed by atoms with E-state index in [0.29, 0.717) is 22.7 Å². The van der Waals surface area contributed by atoms with E-state index in [1.165, 1.54) is 12.7 Å². The summed E-state index contributed by atoms with van der Waals surface area (Å²) in [7, 11) is 5.33. The van der Waals surface area contributed by atoms with Crippen LogP contribution in [-0.2, 0) is 11.3 Å². The molecule has 0 unspecified atom stereocenters. The fourth-order valence-corrected chi connectivity index (χ4v) is 5.12. The number of methoxy groups -OCH3 is 2. The van der Waals surface area contributed by atoms with Gasteiger partial charge in [0.2, 0.25) is 0 Å². The lowest BCUT2D eigenvalue weighted by Gasteiger charge is -2.41. The lowest BCUT2D eigenvalue weighted by atomic mass is 9.88. The first kappa shape index (κ1) is 24.4. The number of carbonyl (C=O) groups excluding carboxylic acids is 1. The van der Waals surface area contributed by atoms with Gasteiger partial charge in [-0.2, -0.15) is 0 Å². The summed E-state index contributed by atoms with van der Waals surface area (Å²) in [4.78, 5) is 17.1. The Bertz CT molecular complexity index is 925. The molecule has 3 rings (SSSR count). The third-order valence-electron chi connectivity index (χ3n) is 6.70. The van der Waals surface area contributed by atoms with Gasteiger partial charge >= 0.3 is 5.97 Å². The molecule has 0 heterocycles. The molecule has 1 aliphatic carbocycles. The van der Waals surface area contributed by atoms with Crippen molar-refractivity contribution in [3.05, 3.63) is 58.1 Å². The van der Waals surface area contributed by atoms with Crippen molar-refractivity contribution >= 4 is 23.3 Å². The third kappa shape index (κ3) is 5.57. The molecule has 0 amide bonds. The van der Waals surface area contributed by atoms with E-state index >= 15 is 0 Å². The number of hydrogen-bond donors (Lipinski definition) is 0. The van der Waals surface area contributed by atoms with E-state index in [4.69, 9.17) is 21.1 Å². The van der Waals surface area contributed by atoms with E-state index in [0.717, 1.165) is 55.8 Å². The Balaban J connectivity index is 1.68. The molecule has 5 nitrogen and oxygen atoms in total. The molecule has 0 N–H and O–H groups in total. The van der Waals surface area contributed by atoms with E-state index in [-0.39, 0.29) is 5.97 Å². The minimum atomic E-state index is -0.342. The zero-order valence-corrected chi connectivity index (χ0v) is 20.6. The number of nitrogens with zero attached hydrogens (tertiary/aromatic N) is 2. The Morgan fingerprint density at radius 2 is 1.78 bits per heavy atom. The van der Waals surface area contributed by atoms with Crippen LogP contribution in [0.25, 0.3) is 0 Å². The highest BCUT2D eigenvalue weighted by Gasteiger charge is 2.29. The molecular formula is C26H35ClN2O3. The Kier molecular flexibility index (Phi) is 8.44. The SMILES string of the molecule is CCN(c1cc(Cl)cc(C(=O)OC)c1C)C1CCC(N(C)Cc2cccc(OC)c2)CC1. The molecular weight excluding hydrogens is 424 g/mol. The summed E-state index contributed by atoms with van der Waals surface area (Å²) in [5, 5.41) is 0.566. The summed E-state index contributed by atoms with van der Waals surface area (Å²) in [5.74, 6) is 0.562. The van der Waals surface area contributed by atoms with Gasteiger partial charge in [-0.25, -0.2) is 4.79 Å². The van der Waals surface area contributed by atoms with Gasteiger partial charge in [-0.1, -0.05) is 23.7 Å². The normalized spacial score (nSPS) is 18.5. The summed E-state index contributed by atoms with van der Waals surface area (Å²) in [6.45, 7) is 5.93. The second-order valence-electron chi connectivity index (χ2n) is 8.60. The fourth-order valence-electron chi connectivity index (χ4n) is 4.91. The molecule has 174 valence electrons. The fraction of sp³-hybridized carbons (Fsp3) is 0.500. The summed E-state index contributed by atoms with van der Waals surface area (Å²) < 4.78 is 10.3. The predicted molar refractivity (Wildman–Crippen MR) is 131 cm³/mol. The van der Waals surface area contributed by atoms with Crippen molar-refractivity contribution in [3.63, 3.8) is 0 Å². The van der Waals surface area contributed by atoms with Crippen LogP contribution in [0, 0.1) is 6.92 Å². The van der Waals surface area contributed by atoms with Gasteiger partial charge in [0.25, 0.3) is 0 Å². The minimum Gasteiger partial charge on any atom is -0.497 e. The summed E-state index contributed by atoms with van der Waals surface area (Å²) >= 11 is 6.38. The number of esters is 1. The number of anilines is 1. The molecule has 1 fully saturated rings. The Hall–Kier alpha value is -2.24. The highest BCUT2D eigenvalue weighted by molar-refractivity contribution is 6.31. The minimum absolute atomic E-state index is 0.342. The molecule has 0 aliphatic heterocycles. The molecule has 0 saturated heterocycles. The number of ether oxygens (including phenoxy) is 2. The van der Waals surface area contributed by atoms with Crippen LogP contribution in [0.1, 0.15) is 54.1 Å². The van der Waals surface area contributed by atoms with Gasteiger partial charge in [0.1, 0.15) is 5.75 Å². The van der Waals surface area contributed by atoms with Crippen molar-refractivity contribution < 1.29 is 14.3 Å². The zero-order valence-electron chi connectivity index (χ0n) is 19.9. The summed E-state index contributed by atoms with van der Waals surface area (Å²) in [5.41, 5.74) is 3.78. The molecule has 0 aromatic heterocycles. The number of hydrogen-bond acceptors (Lipinski definition) is 5. The van der Waals surface area contributed by atoms with Crippen molar-refractivity contribution in [2.75, 3.05) is 32.7 Å². The van der Waals surface area contributed by atoms with E-state index < -0.39 is 0 Å². The van der Waals surface area contributed by atoms with Gasteiger partial charge < -0.3 is 14.4 Å². The van der Waals surface area contributed by atoms with E-state index in [2.05, 4.69) is 35.9 Å². The second kappa shape index (κ2) is 11.1. The number of halogens is 1. The third-order valence-corrected chi connectivity index (χ3v) is 6.92. The number of carbonyl (C=O) groups is 1. The van der Waals surface area contributed by atoms with Crippen molar-refractivity contribution in [2.45, 2.75) is 58.2 Å². The molecule has 2 aromatic rings. The van der Waals surface area contributed by atoms with Crippen LogP contribution in [-0.4, -0.2) is 50.8 Å². The van der Waals surface area contributed by atoms with Crippen LogP contribution < -0.4 is 9.64 Å². The Morgan fingerprint density at radius 3 is 2.41 bits per heavy atom. The quantitative estimate of drug-likeness (QED) is 0.473. The summed E-state index contributed by atoms with van der Waals surface area (Å²) in [6, 6.07) is 13.0. The van der Waals surface area contributed by atoms with E-state index in [9.17, 15) is 4.79 Å². The maximum absolute atomic E-state index is 12.2. The van der Waals surface area contributed by atoms with Crippen molar-refractivity contribution in [1.29, 1.82) is 0 Å². The molecule has 2 aromatic carbocycles. The maximum atomic E-state index is 12.2. The monoisotopic (exact) mass is 458 g/mol. The Labute approximate surface area is 197 Å². The van der Waals surface area contributed by atoms with E-state index in [1.54, 1.807) is 13.2 Å². The van der Waals surface area contributed by atoms with Gasteiger partial charge in [-0.3, -0.25) is 4.90 Å². The second-order valence-corrected chi connectivity index (χ2v) is 9.04. The van der Waals surface area contributed by atoms with Crippen LogP contribution in [0.5, 0.6) is 5.75 Å². The molecule has 1 aliphatic rings. The standard InChI is InChI=1S/C26H35ClN2O3/c1-6-29(25-16-20(27)15-24(18(25)2)26(30)32-5)22-12-10-21(11-13-22)28(3)17-19-8-7-9-23(14-19)31-4/h7-9,14-16,21-22H,6,10-13,17H2,1-5H3. The number of rotatable bonds is 8. The summed E-state index contributed by atoms with van der Waals surface area (Å²) in [6.07, 6.45) is 4.51. The highest BCUT2D eigenvalue weighted by Crippen LogP contribution is 2.34. The molecule has 0 radical (unpaired) electrons. The van der Waals surface area contributed by atoms with Gasteiger partial charge in [0.05, 0.1) is 19.8 Å².